The highest BCUT2D eigenvalue weighted by atomic mass is 16.5. The lowest BCUT2D eigenvalue weighted by molar-refractivity contribution is -0.138. The Morgan fingerprint density at radius 1 is 0.971 bits per heavy atom. The van der Waals surface area contributed by atoms with Gasteiger partial charge in [-0.05, 0) is 48.3 Å². The summed E-state index contributed by atoms with van der Waals surface area (Å²) in [5.41, 5.74) is 2.72. The molecule has 188 valence electrons. The minimum Gasteiger partial charge on any atom is -0.493 e. The van der Waals surface area contributed by atoms with Gasteiger partial charge in [0.15, 0.2) is 23.1 Å². The molecule has 0 bridgehead atoms. The van der Waals surface area contributed by atoms with E-state index in [4.69, 9.17) is 9.47 Å². The molecule has 0 aromatic heterocycles. The number of Topliss-reactive ketones (excluding diaryl/α,β-unsaturated/α-hetero) is 2. The first kappa shape index (κ1) is 25.0. The van der Waals surface area contributed by atoms with E-state index in [9.17, 15) is 19.5 Å². The van der Waals surface area contributed by atoms with E-state index >= 15 is 0 Å². The Labute approximate surface area is 206 Å². The molecule has 1 aromatic rings. The first-order valence-corrected chi connectivity index (χ1v) is 12.2. The minimum atomic E-state index is -0.989. The largest absolute Gasteiger partial charge is 0.493 e. The molecule has 1 N–H and O–H groups in total. The van der Waals surface area contributed by atoms with Gasteiger partial charge in [0.25, 0.3) is 0 Å². The van der Waals surface area contributed by atoms with E-state index < -0.39 is 11.9 Å². The fourth-order valence-corrected chi connectivity index (χ4v) is 5.85. The number of rotatable bonds is 6. The SMILES string of the molecule is CCOc1ccc(C2C3=C(CC(C)(C)CC3=O)N(CC(=O)O)C3=C2C(=O)CC(C)(C)C3)cc1OC. The lowest BCUT2D eigenvalue weighted by Crippen LogP contribution is -2.45. The van der Waals surface area contributed by atoms with Gasteiger partial charge in [0.2, 0.25) is 0 Å². The van der Waals surface area contributed by atoms with Crippen molar-refractivity contribution in [3.05, 3.63) is 46.3 Å². The lowest BCUT2D eigenvalue weighted by Gasteiger charge is -2.48. The van der Waals surface area contributed by atoms with Crippen molar-refractivity contribution < 1.29 is 29.0 Å². The number of carbonyl (C=O) groups excluding carboxylic acids is 2. The van der Waals surface area contributed by atoms with Crippen LogP contribution in [0.3, 0.4) is 0 Å². The molecule has 0 unspecified atom stereocenters. The average Bonchev–Trinajstić information content (AvgIpc) is 2.73. The smallest absolute Gasteiger partial charge is 0.323 e. The van der Waals surface area contributed by atoms with Crippen LogP contribution in [0, 0.1) is 10.8 Å². The molecule has 0 radical (unpaired) electrons. The van der Waals surface area contributed by atoms with Crippen molar-refractivity contribution in [2.24, 2.45) is 10.8 Å². The predicted octanol–water partition coefficient (Wildman–Crippen LogP) is 4.86. The highest BCUT2D eigenvalue weighted by Gasteiger charge is 2.49. The van der Waals surface area contributed by atoms with Crippen molar-refractivity contribution in [1.82, 2.24) is 4.90 Å². The molecule has 1 aliphatic heterocycles. The summed E-state index contributed by atoms with van der Waals surface area (Å²) in [6, 6.07) is 5.55. The number of nitrogens with zero attached hydrogens (tertiary/aromatic N) is 1. The molecule has 0 saturated heterocycles. The molecule has 1 heterocycles. The van der Waals surface area contributed by atoms with Gasteiger partial charge in [0, 0.05) is 41.3 Å². The highest BCUT2D eigenvalue weighted by Crippen LogP contribution is 2.54. The molecular formula is C28H35NO6. The normalized spacial score (nSPS) is 21.6. The van der Waals surface area contributed by atoms with Crippen LogP contribution in [0.4, 0.5) is 0 Å². The maximum Gasteiger partial charge on any atom is 0.323 e. The fraction of sp³-hybridized carbons (Fsp3) is 0.536. The highest BCUT2D eigenvalue weighted by molar-refractivity contribution is 6.07. The van der Waals surface area contributed by atoms with Crippen LogP contribution in [0.15, 0.2) is 40.7 Å². The van der Waals surface area contributed by atoms with Gasteiger partial charge < -0.3 is 19.5 Å². The van der Waals surface area contributed by atoms with Crippen LogP contribution in [0.5, 0.6) is 11.5 Å². The van der Waals surface area contributed by atoms with Gasteiger partial charge in [-0.2, -0.15) is 0 Å². The molecule has 0 fully saturated rings. The van der Waals surface area contributed by atoms with Gasteiger partial charge in [-0.15, -0.1) is 0 Å². The molecule has 7 nitrogen and oxygen atoms in total. The van der Waals surface area contributed by atoms with Gasteiger partial charge in [-0.1, -0.05) is 33.8 Å². The molecule has 3 aliphatic rings. The zero-order valence-corrected chi connectivity index (χ0v) is 21.5. The van der Waals surface area contributed by atoms with Crippen LogP contribution in [0.25, 0.3) is 0 Å². The number of allylic oxidation sites excluding steroid dienone is 4. The monoisotopic (exact) mass is 481 g/mol. The molecule has 7 heteroatoms. The number of carboxylic acid groups (broad SMARTS) is 1. The van der Waals surface area contributed by atoms with Crippen LogP contribution in [0.1, 0.15) is 71.8 Å². The number of hydrogen-bond donors (Lipinski definition) is 1. The minimum absolute atomic E-state index is 0.0336. The Kier molecular flexibility index (Phi) is 6.32. The third-order valence-electron chi connectivity index (χ3n) is 7.14. The summed E-state index contributed by atoms with van der Waals surface area (Å²) in [6.45, 7) is 10.2. The molecule has 0 amide bonds. The topological polar surface area (TPSA) is 93.1 Å². The van der Waals surface area contributed by atoms with E-state index in [1.54, 1.807) is 12.0 Å². The van der Waals surface area contributed by atoms with Crippen molar-refractivity contribution >= 4 is 17.5 Å². The predicted molar refractivity (Wildman–Crippen MR) is 131 cm³/mol. The summed E-state index contributed by atoms with van der Waals surface area (Å²) >= 11 is 0. The molecule has 1 aromatic carbocycles. The number of ketones is 2. The van der Waals surface area contributed by atoms with E-state index in [-0.39, 0.29) is 28.9 Å². The maximum atomic E-state index is 13.7. The Morgan fingerprint density at radius 2 is 1.51 bits per heavy atom. The van der Waals surface area contributed by atoms with Gasteiger partial charge >= 0.3 is 5.97 Å². The Bertz CT molecular complexity index is 1100. The van der Waals surface area contributed by atoms with Crippen molar-refractivity contribution in [3.63, 3.8) is 0 Å². The average molecular weight is 482 g/mol. The summed E-state index contributed by atoms with van der Waals surface area (Å²) in [5.74, 6) is -0.479. The van der Waals surface area contributed by atoms with Crippen LogP contribution < -0.4 is 9.47 Å². The van der Waals surface area contributed by atoms with E-state index in [0.29, 0.717) is 54.9 Å². The summed E-state index contributed by atoms with van der Waals surface area (Å²) in [5, 5.41) is 9.78. The molecular weight excluding hydrogens is 446 g/mol. The summed E-state index contributed by atoms with van der Waals surface area (Å²) in [4.78, 5) is 41.0. The second-order valence-electron chi connectivity index (χ2n) is 11.4. The van der Waals surface area contributed by atoms with E-state index in [1.165, 1.54) is 0 Å². The van der Waals surface area contributed by atoms with Gasteiger partial charge in [0.1, 0.15) is 6.54 Å². The number of benzene rings is 1. The van der Waals surface area contributed by atoms with Crippen LogP contribution in [-0.4, -0.2) is 47.8 Å². The zero-order chi connectivity index (χ0) is 25.7. The Balaban J connectivity index is 1.99. The number of hydrogen-bond acceptors (Lipinski definition) is 6. The molecule has 0 atom stereocenters. The maximum absolute atomic E-state index is 13.7. The zero-order valence-electron chi connectivity index (χ0n) is 21.5. The quantitative estimate of drug-likeness (QED) is 0.620. The number of aliphatic carboxylic acids is 1. The fourth-order valence-electron chi connectivity index (χ4n) is 5.85. The summed E-state index contributed by atoms with van der Waals surface area (Å²) in [6.07, 6.45) is 1.83. The van der Waals surface area contributed by atoms with Crippen molar-refractivity contribution in [2.45, 2.75) is 66.2 Å². The summed E-state index contributed by atoms with van der Waals surface area (Å²) in [7, 11) is 1.56. The van der Waals surface area contributed by atoms with Crippen LogP contribution in [0.2, 0.25) is 0 Å². The van der Waals surface area contributed by atoms with Gasteiger partial charge in [-0.3, -0.25) is 14.4 Å². The van der Waals surface area contributed by atoms with Gasteiger partial charge in [0.05, 0.1) is 13.7 Å². The molecule has 0 spiro atoms. The Hall–Kier alpha value is -3.09. The lowest BCUT2D eigenvalue weighted by atomic mass is 9.63. The number of carboxylic acids is 1. The number of methoxy groups -OCH3 is 1. The van der Waals surface area contributed by atoms with Crippen molar-refractivity contribution in [3.8, 4) is 11.5 Å². The second-order valence-corrected chi connectivity index (χ2v) is 11.4. The summed E-state index contributed by atoms with van der Waals surface area (Å²) < 4.78 is 11.3. The number of ether oxygens (including phenoxy) is 2. The van der Waals surface area contributed by atoms with Crippen LogP contribution >= 0.6 is 0 Å². The van der Waals surface area contributed by atoms with E-state index in [2.05, 4.69) is 0 Å². The molecule has 2 aliphatic carbocycles. The standard InChI is InChI=1S/C28H35NO6/c1-7-35-21-9-8-16(10-22(21)34-6)24-25-17(11-27(2,3)13-19(25)30)29(15-23(32)33)18-12-28(4,5)14-20(31)26(18)24/h8-10,24H,7,11-15H2,1-6H3,(H,32,33). The van der Waals surface area contributed by atoms with Crippen molar-refractivity contribution in [1.29, 1.82) is 0 Å². The molecule has 4 rings (SSSR count). The third-order valence-corrected chi connectivity index (χ3v) is 7.14. The van der Waals surface area contributed by atoms with E-state index in [0.717, 1.165) is 17.0 Å². The van der Waals surface area contributed by atoms with Gasteiger partial charge in [-0.25, -0.2) is 0 Å². The van der Waals surface area contributed by atoms with E-state index in [1.807, 2.05) is 52.8 Å². The van der Waals surface area contributed by atoms with Crippen LogP contribution in [-0.2, 0) is 14.4 Å². The first-order valence-electron chi connectivity index (χ1n) is 12.2. The second kappa shape index (κ2) is 8.85. The van der Waals surface area contributed by atoms with Crippen molar-refractivity contribution in [2.75, 3.05) is 20.3 Å². The molecule has 35 heavy (non-hydrogen) atoms. The Morgan fingerprint density at radius 3 is 1.97 bits per heavy atom. The third kappa shape index (κ3) is 4.60. The first-order chi connectivity index (χ1) is 16.4. The molecule has 0 saturated carbocycles. The number of carbonyl (C=O) groups is 3.